The summed E-state index contributed by atoms with van der Waals surface area (Å²) >= 11 is 0. The Labute approximate surface area is 73.5 Å². The molecule has 1 aliphatic rings. The maximum Gasteiger partial charge on any atom is 0.313 e. The van der Waals surface area contributed by atoms with Crippen LogP contribution in [0, 0.1) is 5.41 Å². The Morgan fingerprint density at radius 2 is 2.08 bits per heavy atom. The monoisotopic (exact) mass is 171 g/mol. The summed E-state index contributed by atoms with van der Waals surface area (Å²) in [6.07, 6.45) is 4.24. The van der Waals surface area contributed by atoms with Crippen molar-refractivity contribution in [3.05, 3.63) is 0 Å². The first kappa shape index (κ1) is 9.52. The molecule has 3 nitrogen and oxygen atoms in total. The number of nitrogens with one attached hydrogen (secondary N) is 1. The first-order valence-corrected chi connectivity index (χ1v) is 4.48. The zero-order valence-electron chi connectivity index (χ0n) is 7.85. The Balaban J connectivity index is 2.64. The van der Waals surface area contributed by atoms with Gasteiger partial charge in [-0.15, -0.1) is 0 Å². The molecule has 0 aromatic rings. The fourth-order valence-electron chi connectivity index (χ4n) is 2.06. The molecular formula is C9H17NO2. The van der Waals surface area contributed by atoms with Gasteiger partial charge >= 0.3 is 5.97 Å². The second-order valence-corrected chi connectivity index (χ2v) is 3.51. The van der Waals surface area contributed by atoms with E-state index < -0.39 is 0 Å². The minimum absolute atomic E-state index is 0.0469. The lowest BCUT2D eigenvalue weighted by Gasteiger charge is -2.24. The van der Waals surface area contributed by atoms with Crippen molar-refractivity contribution < 1.29 is 9.53 Å². The van der Waals surface area contributed by atoms with E-state index in [4.69, 9.17) is 4.74 Å². The van der Waals surface area contributed by atoms with Crippen molar-refractivity contribution in [2.75, 3.05) is 20.7 Å². The van der Waals surface area contributed by atoms with Crippen molar-refractivity contribution in [1.29, 1.82) is 0 Å². The van der Waals surface area contributed by atoms with Crippen LogP contribution in [-0.4, -0.2) is 26.7 Å². The van der Waals surface area contributed by atoms with Crippen LogP contribution >= 0.6 is 0 Å². The van der Waals surface area contributed by atoms with Crippen molar-refractivity contribution in [3.63, 3.8) is 0 Å². The van der Waals surface area contributed by atoms with Crippen molar-refractivity contribution in [2.45, 2.75) is 25.7 Å². The number of carbonyl (C=O) groups excluding carboxylic acids is 1. The summed E-state index contributed by atoms with van der Waals surface area (Å²) in [5, 5.41) is 3.06. The summed E-state index contributed by atoms with van der Waals surface area (Å²) in [5.41, 5.74) is -0.219. The normalized spacial score (nSPS) is 20.8. The molecule has 1 fully saturated rings. The molecule has 0 aromatic heterocycles. The van der Waals surface area contributed by atoms with E-state index in [1.165, 1.54) is 7.11 Å². The van der Waals surface area contributed by atoms with Gasteiger partial charge < -0.3 is 10.1 Å². The topological polar surface area (TPSA) is 38.3 Å². The van der Waals surface area contributed by atoms with E-state index in [1.807, 2.05) is 7.05 Å². The van der Waals surface area contributed by atoms with Crippen LogP contribution in [0.5, 0.6) is 0 Å². The highest BCUT2D eigenvalue weighted by atomic mass is 16.5. The summed E-state index contributed by atoms with van der Waals surface area (Å²) in [6, 6.07) is 0. The highest BCUT2D eigenvalue weighted by Gasteiger charge is 2.41. The molecule has 1 aliphatic carbocycles. The quantitative estimate of drug-likeness (QED) is 0.642. The van der Waals surface area contributed by atoms with Crippen molar-refractivity contribution in [1.82, 2.24) is 5.32 Å². The van der Waals surface area contributed by atoms with Gasteiger partial charge in [0.25, 0.3) is 0 Å². The Bertz CT molecular complexity index is 162. The van der Waals surface area contributed by atoms with Gasteiger partial charge in [0.1, 0.15) is 0 Å². The third kappa shape index (κ3) is 1.61. The molecule has 0 heterocycles. The summed E-state index contributed by atoms with van der Waals surface area (Å²) in [4.78, 5) is 11.5. The SMILES string of the molecule is CNCC1(C(=O)OC)CCCC1. The number of carbonyl (C=O) groups is 1. The van der Waals surface area contributed by atoms with Gasteiger partial charge in [0.05, 0.1) is 12.5 Å². The molecule has 1 N–H and O–H groups in total. The lowest BCUT2D eigenvalue weighted by Crippen LogP contribution is -2.38. The smallest absolute Gasteiger partial charge is 0.313 e. The van der Waals surface area contributed by atoms with Gasteiger partial charge in [-0.05, 0) is 19.9 Å². The van der Waals surface area contributed by atoms with Crippen LogP contribution in [0.4, 0.5) is 0 Å². The summed E-state index contributed by atoms with van der Waals surface area (Å²) in [6.45, 7) is 0.750. The Hall–Kier alpha value is -0.570. The zero-order valence-corrected chi connectivity index (χ0v) is 7.85. The standard InChI is InChI=1S/C9H17NO2/c1-10-7-9(8(11)12-2)5-3-4-6-9/h10H,3-7H2,1-2H3. The third-order valence-corrected chi connectivity index (χ3v) is 2.69. The maximum absolute atomic E-state index is 11.5. The van der Waals surface area contributed by atoms with E-state index in [1.54, 1.807) is 0 Å². The molecular weight excluding hydrogens is 154 g/mol. The van der Waals surface area contributed by atoms with Gasteiger partial charge in [-0.1, -0.05) is 12.8 Å². The Morgan fingerprint density at radius 1 is 1.50 bits per heavy atom. The van der Waals surface area contributed by atoms with Gasteiger partial charge in [0.15, 0.2) is 0 Å². The largest absolute Gasteiger partial charge is 0.469 e. The average Bonchev–Trinajstić information content (AvgIpc) is 2.53. The summed E-state index contributed by atoms with van der Waals surface area (Å²) in [5.74, 6) is -0.0469. The highest BCUT2D eigenvalue weighted by molar-refractivity contribution is 5.77. The molecule has 0 amide bonds. The van der Waals surface area contributed by atoms with Crippen LogP contribution in [0.2, 0.25) is 0 Å². The number of esters is 1. The van der Waals surface area contributed by atoms with E-state index in [2.05, 4.69) is 5.32 Å². The molecule has 0 unspecified atom stereocenters. The third-order valence-electron chi connectivity index (χ3n) is 2.69. The first-order chi connectivity index (χ1) is 5.75. The maximum atomic E-state index is 11.5. The molecule has 0 spiro atoms. The molecule has 0 radical (unpaired) electrons. The van der Waals surface area contributed by atoms with Gasteiger partial charge in [-0.25, -0.2) is 0 Å². The van der Waals surface area contributed by atoms with Crippen molar-refractivity contribution in [3.8, 4) is 0 Å². The number of methoxy groups -OCH3 is 1. The summed E-state index contributed by atoms with van der Waals surface area (Å²) in [7, 11) is 3.35. The lowest BCUT2D eigenvalue weighted by atomic mass is 9.86. The van der Waals surface area contributed by atoms with E-state index >= 15 is 0 Å². The molecule has 1 rings (SSSR count). The molecule has 0 bridgehead atoms. The van der Waals surface area contributed by atoms with Crippen molar-refractivity contribution >= 4 is 5.97 Å². The van der Waals surface area contributed by atoms with Crippen LogP contribution in [0.3, 0.4) is 0 Å². The van der Waals surface area contributed by atoms with E-state index in [0.29, 0.717) is 0 Å². The minimum atomic E-state index is -0.219. The predicted molar refractivity (Wildman–Crippen MR) is 46.8 cm³/mol. The van der Waals surface area contributed by atoms with Crippen LogP contribution < -0.4 is 5.32 Å². The number of ether oxygens (including phenoxy) is 1. The minimum Gasteiger partial charge on any atom is -0.469 e. The fraction of sp³-hybridized carbons (Fsp3) is 0.889. The number of hydrogen-bond donors (Lipinski definition) is 1. The van der Waals surface area contributed by atoms with Crippen molar-refractivity contribution in [2.24, 2.45) is 5.41 Å². The number of rotatable bonds is 3. The molecule has 0 aromatic carbocycles. The molecule has 12 heavy (non-hydrogen) atoms. The first-order valence-electron chi connectivity index (χ1n) is 4.48. The number of hydrogen-bond acceptors (Lipinski definition) is 3. The van der Waals surface area contributed by atoms with Gasteiger partial charge in [-0.2, -0.15) is 0 Å². The van der Waals surface area contributed by atoms with Gasteiger partial charge in [0.2, 0.25) is 0 Å². The molecule has 1 saturated carbocycles. The summed E-state index contributed by atoms with van der Waals surface area (Å²) < 4.78 is 4.81. The molecule has 3 heteroatoms. The van der Waals surface area contributed by atoms with Crippen LogP contribution in [-0.2, 0) is 9.53 Å². The average molecular weight is 171 g/mol. The second-order valence-electron chi connectivity index (χ2n) is 3.51. The second kappa shape index (κ2) is 3.90. The van der Waals surface area contributed by atoms with Crippen LogP contribution in [0.1, 0.15) is 25.7 Å². The highest BCUT2D eigenvalue weighted by Crippen LogP contribution is 2.38. The lowest BCUT2D eigenvalue weighted by molar-refractivity contribution is -0.152. The van der Waals surface area contributed by atoms with E-state index in [9.17, 15) is 4.79 Å². The molecule has 70 valence electrons. The predicted octanol–water partition coefficient (Wildman–Crippen LogP) is 0.939. The molecule has 0 saturated heterocycles. The van der Waals surface area contributed by atoms with Gasteiger partial charge in [0, 0.05) is 6.54 Å². The Kier molecular flexibility index (Phi) is 3.09. The van der Waals surface area contributed by atoms with Crippen LogP contribution in [0.25, 0.3) is 0 Å². The fourth-order valence-corrected chi connectivity index (χ4v) is 2.06. The zero-order chi connectivity index (χ0) is 9.03. The van der Waals surface area contributed by atoms with Gasteiger partial charge in [-0.3, -0.25) is 4.79 Å². The van der Waals surface area contributed by atoms with E-state index in [0.717, 1.165) is 32.2 Å². The van der Waals surface area contributed by atoms with E-state index in [-0.39, 0.29) is 11.4 Å². The molecule has 0 aliphatic heterocycles. The van der Waals surface area contributed by atoms with Crippen LogP contribution in [0.15, 0.2) is 0 Å². The molecule has 0 atom stereocenters. The Morgan fingerprint density at radius 3 is 2.50 bits per heavy atom.